The fourth-order valence-corrected chi connectivity index (χ4v) is 7.09. The zero-order valence-corrected chi connectivity index (χ0v) is 31.4. The van der Waals surface area contributed by atoms with Crippen LogP contribution >= 0.6 is 11.6 Å². The maximum atomic E-state index is 5.96. The maximum absolute atomic E-state index is 5.96. The Balaban J connectivity index is 0.000000164. The third-order valence-corrected chi connectivity index (χ3v) is 10.2. The predicted molar refractivity (Wildman–Crippen MR) is 220 cm³/mol. The molecule has 4 aromatic carbocycles. The highest BCUT2D eigenvalue weighted by atomic mass is 35.5. The Hall–Kier alpha value is -5.15. The lowest BCUT2D eigenvalue weighted by molar-refractivity contribution is 0.414. The minimum absolute atomic E-state index is 0.773. The molecule has 2 N–H and O–H groups in total. The summed E-state index contributed by atoms with van der Waals surface area (Å²) in [4.78, 5) is 23.9. The molecule has 2 fully saturated rings. The van der Waals surface area contributed by atoms with E-state index < -0.39 is 0 Å². The first-order valence-electron chi connectivity index (χ1n) is 19.0. The number of nitrogens with zero attached hydrogens (tertiary/aromatic N) is 6. The van der Waals surface area contributed by atoms with E-state index in [2.05, 4.69) is 69.0 Å². The van der Waals surface area contributed by atoms with E-state index in [0.29, 0.717) is 0 Å². The van der Waals surface area contributed by atoms with Crippen molar-refractivity contribution >= 4 is 56.9 Å². The average Bonchev–Trinajstić information content (AvgIpc) is 3.22. The third kappa shape index (κ3) is 9.64. The molecule has 0 atom stereocenters. The summed E-state index contributed by atoms with van der Waals surface area (Å²) in [5.74, 6) is 4.43. The molecule has 0 unspecified atom stereocenters. The SMILES string of the molecule is COc1ccc(CCNc2nc(N3CCCCC3)nc3ccccc23)cc1.Clc1ccc(CCNc2nc(N3CCCCC3)nc3ccccc23)cc1. The van der Waals surface area contributed by atoms with Gasteiger partial charge in [0.25, 0.3) is 0 Å². The van der Waals surface area contributed by atoms with Crippen molar-refractivity contribution in [1.29, 1.82) is 0 Å². The summed E-state index contributed by atoms with van der Waals surface area (Å²) in [5, 5.41) is 9.98. The van der Waals surface area contributed by atoms with Gasteiger partial charge in [-0.25, -0.2) is 9.97 Å². The molecule has 53 heavy (non-hydrogen) atoms. The smallest absolute Gasteiger partial charge is 0.227 e. The van der Waals surface area contributed by atoms with Gasteiger partial charge in [0.15, 0.2) is 0 Å². The average molecular weight is 729 g/mol. The van der Waals surface area contributed by atoms with Crippen LogP contribution in [0.25, 0.3) is 21.8 Å². The highest BCUT2D eigenvalue weighted by Gasteiger charge is 2.17. The van der Waals surface area contributed by atoms with E-state index in [9.17, 15) is 0 Å². The van der Waals surface area contributed by atoms with E-state index in [-0.39, 0.29) is 0 Å². The van der Waals surface area contributed by atoms with E-state index in [1.54, 1.807) is 7.11 Å². The topological polar surface area (TPSA) is 91.3 Å². The van der Waals surface area contributed by atoms with Gasteiger partial charge in [0.05, 0.1) is 18.1 Å². The minimum Gasteiger partial charge on any atom is -0.497 e. The van der Waals surface area contributed by atoms with Gasteiger partial charge in [-0.1, -0.05) is 60.1 Å². The number of hydrogen-bond acceptors (Lipinski definition) is 9. The molecule has 6 aromatic rings. The van der Waals surface area contributed by atoms with Crippen molar-refractivity contribution in [2.75, 3.05) is 66.8 Å². The fraction of sp³-hybridized carbons (Fsp3) is 0.349. The van der Waals surface area contributed by atoms with Crippen LogP contribution in [-0.4, -0.2) is 66.3 Å². The number of aromatic nitrogens is 4. The van der Waals surface area contributed by atoms with Gasteiger partial charge in [-0.15, -0.1) is 0 Å². The maximum Gasteiger partial charge on any atom is 0.227 e. The minimum atomic E-state index is 0.773. The molecule has 2 saturated heterocycles. The third-order valence-electron chi connectivity index (χ3n) is 9.95. The molecule has 2 aliphatic heterocycles. The lowest BCUT2D eigenvalue weighted by Gasteiger charge is -2.27. The van der Waals surface area contributed by atoms with Gasteiger partial charge in [0.1, 0.15) is 17.4 Å². The fourth-order valence-electron chi connectivity index (χ4n) is 6.96. The van der Waals surface area contributed by atoms with E-state index in [0.717, 1.165) is 108 Å². The van der Waals surface area contributed by atoms with Crippen LogP contribution in [-0.2, 0) is 12.8 Å². The van der Waals surface area contributed by atoms with Gasteiger partial charge in [0.2, 0.25) is 11.9 Å². The van der Waals surface area contributed by atoms with Crippen LogP contribution in [0.5, 0.6) is 5.75 Å². The highest BCUT2D eigenvalue weighted by molar-refractivity contribution is 6.30. The molecule has 9 nitrogen and oxygen atoms in total. The number of para-hydroxylation sites is 2. The Morgan fingerprint density at radius 3 is 1.43 bits per heavy atom. The molecule has 10 heteroatoms. The number of ether oxygens (including phenoxy) is 1. The Kier molecular flexibility index (Phi) is 12.3. The first kappa shape index (κ1) is 36.2. The summed E-state index contributed by atoms with van der Waals surface area (Å²) in [6.45, 7) is 5.83. The molecule has 0 amide bonds. The number of hydrogen-bond donors (Lipinski definition) is 2. The molecule has 0 spiro atoms. The van der Waals surface area contributed by atoms with Crippen LogP contribution in [0.4, 0.5) is 23.5 Å². The Morgan fingerprint density at radius 2 is 0.981 bits per heavy atom. The quantitative estimate of drug-likeness (QED) is 0.136. The van der Waals surface area contributed by atoms with Gasteiger partial charge in [-0.3, -0.25) is 0 Å². The lowest BCUT2D eigenvalue weighted by Crippen LogP contribution is -2.31. The highest BCUT2D eigenvalue weighted by Crippen LogP contribution is 2.27. The van der Waals surface area contributed by atoms with E-state index >= 15 is 0 Å². The second-order valence-electron chi connectivity index (χ2n) is 13.7. The summed E-state index contributed by atoms with van der Waals surface area (Å²) < 4.78 is 5.22. The van der Waals surface area contributed by atoms with Crippen molar-refractivity contribution in [3.05, 3.63) is 113 Å². The van der Waals surface area contributed by atoms with Gasteiger partial charge in [-0.2, -0.15) is 9.97 Å². The van der Waals surface area contributed by atoms with E-state index in [4.69, 9.17) is 36.3 Å². The number of rotatable bonds is 11. The van der Waals surface area contributed by atoms with Crippen molar-refractivity contribution in [2.24, 2.45) is 0 Å². The molecule has 0 aliphatic carbocycles. The van der Waals surface area contributed by atoms with Gasteiger partial charge < -0.3 is 25.2 Å². The van der Waals surface area contributed by atoms with Crippen molar-refractivity contribution in [3.63, 3.8) is 0 Å². The number of nitrogens with one attached hydrogen (secondary N) is 2. The van der Waals surface area contributed by atoms with Crippen molar-refractivity contribution in [2.45, 2.75) is 51.4 Å². The largest absolute Gasteiger partial charge is 0.497 e. The van der Waals surface area contributed by atoms with Gasteiger partial charge in [-0.05, 0) is 111 Å². The zero-order chi connectivity index (χ0) is 36.2. The number of anilines is 4. The summed E-state index contributed by atoms with van der Waals surface area (Å²) in [6, 6.07) is 32.7. The molecule has 274 valence electrons. The number of methoxy groups -OCH3 is 1. The molecule has 2 aliphatic rings. The van der Waals surface area contributed by atoms with Crippen LogP contribution < -0.4 is 25.2 Å². The summed E-state index contributed by atoms with van der Waals surface area (Å²) in [5.41, 5.74) is 4.53. The summed E-state index contributed by atoms with van der Waals surface area (Å²) in [6.07, 6.45) is 9.33. The molecular weight excluding hydrogens is 680 g/mol. The monoisotopic (exact) mass is 728 g/mol. The van der Waals surface area contributed by atoms with E-state index in [1.165, 1.54) is 49.7 Å². The second-order valence-corrected chi connectivity index (χ2v) is 14.1. The van der Waals surface area contributed by atoms with Crippen LogP contribution in [0, 0.1) is 0 Å². The first-order valence-corrected chi connectivity index (χ1v) is 19.4. The number of piperidine rings is 2. The standard InChI is InChI=1S/C22H26N4O.C21H23ClN4/c1-27-18-11-9-17(10-12-18)13-14-23-21-19-7-3-4-8-20(19)24-22(25-21)26-15-5-2-6-16-26;22-17-10-8-16(9-11-17)12-13-23-20-18-6-2-3-7-19(18)24-21(25-20)26-14-4-1-5-15-26/h3-4,7-12H,2,5-6,13-16H2,1H3,(H,23,24,25);2-3,6-11H,1,4-5,12-15H2,(H,23,24,25). The van der Waals surface area contributed by atoms with Crippen LogP contribution in [0.15, 0.2) is 97.1 Å². The first-order chi connectivity index (χ1) is 26.1. The molecule has 0 radical (unpaired) electrons. The summed E-state index contributed by atoms with van der Waals surface area (Å²) >= 11 is 5.96. The molecule has 4 heterocycles. The summed E-state index contributed by atoms with van der Waals surface area (Å²) in [7, 11) is 1.69. The normalized spacial score (nSPS) is 14.5. The van der Waals surface area contributed by atoms with Crippen molar-refractivity contribution in [3.8, 4) is 5.75 Å². The Bertz CT molecular complexity index is 2060. The molecular formula is C43H49ClN8O. The van der Waals surface area contributed by atoms with E-state index in [1.807, 2.05) is 48.5 Å². The lowest BCUT2D eigenvalue weighted by atomic mass is 10.1. The number of fused-ring (bicyclic) bond motifs is 2. The Morgan fingerprint density at radius 1 is 0.547 bits per heavy atom. The number of halogens is 1. The predicted octanol–water partition coefficient (Wildman–Crippen LogP) is 9.21. The molecule has 0 bridgehead atoms. The van der Waals surface area contributed by atoms with Crippen LogP contribution in [0.1, 0.15) is 49.7 Å². The van der Waals surface area contributed by atoms with Gasteiger partial charge >= 0.3 is 0 Å². The van der Waals surface area contributed by atoms with Gasteiger partial charge in [0, 0.05) is 55.1 Å². The van der Waals surface area contributed by atoms with Crippen molar-refractivity contribution < 1.29 is 4.74 Å². The molecule has 8 rings (SSSR count). The number of benzene rings is 4. The Labute approximate surface area is 317 Å². The molecule has 2 aromatic heterocycles. The van der Waals surface area contributed by atoms with Crippen LogP contribution in [0.3, 0.4) is 0 Å². The molecule has 0 saturated carbocycles. The zero-order valence-electron chi connectivity index (χ0n) is 30.6. The van der Waals surface area contributed by atoms with Crippen LogP contribution in [0.2, 0.25) is 5.02 Å². The second kappa shape index (κ2) is 18.1. The van der Waals surface area contributed by atoms with Crippen molar-refractivity contribution in [1.82, 2.24) is 19.9 Å².